The SMILES string of the molecule is CCC(C(=O)O)c1ccc(N2Cc3c(c(OC(C)C)c4ccccc4c3OC(F)F)C2=O)c(F)c1. The molecule has 3 aromatic carbocycles. The molecule has 0 spiro atoms. The Balaban J connectivity index is 1.88. The third-order valence-corrected chi connectivity index (χ3v) is 5.93. The zero-order valence-electron chi connectivity index (χ0n) is 19.3. The number of ether oxygens (including phenoxy) is 2. The van der Waals surface area contributed by atoms with Crippen molar-refractivity contribution in [1.29, 1.82) is 0 Å². The Morgan fingerprint density at radius 3 is 2.29 bits per heavy atom. The van der Waals surface area contributed by atoms with Crippen molar-refractivity contribution in [2.45, 2.75) is 52.4 Å². The first-order valence-electron chi connectivity index (χ1n) is 11.2. The molecule has 1 heterocycles. The second-order valence-corrected chi connectivity index (χ2v) is 8.50. The van der Waals surface area contributed by atoms with Crippen LogP contribution in [-0.2, 0) is 11.3 Å². The Kier molecular flexibility index (Phi) is 6.60. The Morgan fingerprint density at radius 1 is 1.09 bits per heavy atom. The predicted molar refractivity (Wildman–Crippen MR) is 124 cm³/mol. The maximum atomic E-state index is 15.2. The van der Waals surface area contributed by atoms with Gasteiger partial charge in [-0.25, -0.2) is 4.39 Å². The average Bonchev–Trinajstić information content (AvgIpc) is 3.13. The number of carbonyl (C=O) groups is 2. The van der Waals surface area contributed by atoms with E-state index in [0.29, 0.717) is 10.8 Å². The number of benzene rings is 3. The monoisotopic (exact) mass is 487 g/mol. The van der Waals surface area contributed by atoms with Crippen LogP contribution in [-0.4, -0.2) is 29.7 Å². The highest BCUT2D eigenvalue weighted by Crippen LogP contribution is 2.47. The van der Waals surface area contributed by atoms with Gasteiger partial charge >= 0.3 is 12.6 Å². The number of fused-ring (bicyclic) bond motifs is 2. The van der Waals surface area contributed by atoms with E-state index < -0.39 is 30.2 Å². The molecular weight excluding hydrogens is 463 g/mol. The molecule has 1 aliphatic rings. The molecule has 184 valence electrons. The van der Waals surface area contributed by atoms with Crippen molar-refractivity contribution < 1.29 is 37.3 Å². The van der Waals surface area contributed by atoms with Crippen molar-refractivity contribution in [2.75, 3.05) is 4.90 Å². The third kappa shape index (κ3) is 4.38. The summed E-state index contributed by atoms with van der Waals surface area (Å²) in [6.07, 6.45) is -0.0665. The highest BCUT2D eigenvalue weighted by Gasteiger charge is 2.38. The van der Waals surface area contributed by atoms with E-state index in [1.54, 1.807) is 45.0 Å². The van der Waals surface area contributed by atoms with Crippen LogP contribution in [0.25, 0.3) is 10.8 Å². The van der Waals surface area contributed by atoms with Crippen LogP contribution >= 0.6 is 0 Å². The fourth-order valence-corrected chi connectivity index (χ4v) is 4.46. The van der Waals surface area contributed by atoms with Crippen molar-refractivity contribution in [2.24, 2.45) is 0 Å². The van der Waals surface area contributed by atoms with Gasteiger partial charge in [0.05, 0.1) is 29.8 Å². The van der Waals surface area contributed by atoms with Gasteiger partial charge in [-0.15, -0.1) is 0 Å². The molecule has 1 amide bonds. The molecule has 1 atom stereocenters. The molecule has 0 saturated carbocycles. The van der Waals surface area contributed by atoms with Gasteiger partial charge in [-0.2, -0.15) is 8.78 Å². The first kappa shape index (κ1) is 24.4. The van der Waals surface area contributed by atoms with Crippen LogP contribution in [0.3, 0.4) is 0 Å². The second kappa shape index (κ2) is 9.48. The molecule has 0 aromatic heterocycles. The zero-order valence-corrected chi connectivity index (χ0v) is 19.3. The summed E-state index contributed by atoms with van der Waals surface area (Å²) in [5.74, 6) is -3.35. The van der Waals surface area contributed by atoms with Gasteiger partial charge in [0.1, 0.15) is 17.3 Å². The van der Waals surface area contributed by atoms with Crippen molar-refractivity contribution in [3.05, 3.63) is 65.0 Å². The lowest BCUT2D eigenvalue weighted by Crippen LogP contribution is -2.25. The summed E-state index contributed by atoms with van der Waals surface area (Å²) in [5.41, 5.74) is 0.373. The largest absolute Gasteiger partial charge is 0.490 e. The van der Waals surface area contributed by atoms with E-state index in [4.69, 9.17) is 9.47 Å². The predicted octanol–water partition coefficient (Wildman–Crippen LogP) is 6.11. The molecule has 0 fully saturated rings. The first-order chi connectivity index (χ1) is 16.6. The van der Waals surface area contributed by atoms with E-state index in [1.807, 2.05) is 0 Å². The van der Waals surface area contributed by atoms with Crippen molar-refractivity contribution in [3.63, 3.8) is 0 Å². The van der Waals surface area contributed by atoms with Gasteiger partial charge in [0.25, 0.3) is 5.91 Å². The Labute approximate surface area is 199 Å². The normalized spacial score (nSPS) is 14.1. The minimum absolute atomic E-state index is 0.0356. The minimum atomic E-state index is -3.14. The summed E-state index contributed by atoms with van der Waals surface area (Å²) in [6.45, 7) is 1.86. The van der Waals surface area contributed by atoms with Gasteiger partial charge < -0.3 is 19.5 Å². The maximum absolute atomic E-state index is 15.2. The highest BCUT2D eigenvalue weighted by atomic mass is 19.3. The van der Waals surface area contributed by atoms with Crippen LogP contribution in [0.4, 0.5) is 18.9 Å². The average molecular weight is 487 g/mol. The number of amides is 1. The lowest BCUT2D eigenvalue weighted by atomic mass is 9.96. The van der Waals surface area contributed by atoms with Crippen LogP contribution in [0.15, 0.2) is 42.5 Å². The van der Waals surface area contributed by atoms with Gasteiger partial charge in [-0.05, 0) is 38.0 Å². The van der Waals surface area contributed by atoms with Crippen LogP contribution in [0.5, 0.6) is 11.5 Å². The molecule has 0 aliphatic carbocycles. The van der Waals surface area contributed by atoms with E-state index in [9.17, 15) is 23.5 Å². The number of carbonyl (C=O) groups excluding carboxylic acids is 1. The number of nitrogens with zero attached hydrogens (tertiary/aromatic N) is 1. The number of aliphatic carboxylic acids is 1. The number of carboxylic acid groups (broad SMARTS) is 1. The third-order valence-electron chi connectivity index (χ3n) is 5.93. The van der Waals surface area contributed by atoms with E-state index >= 15 is 4.39 Å². The fourth-order valence-electron chi connectivity index (χ4n) is 4.46. The second-order valence-electron chi connectivity index (χ2n) is 8.50. The van der Waals surface area contributed by atoms with E-state index in [1.165, 1.54) is 12.1 Å². The molecule has 3 aromatic rings. The summed E-state index contributed by atoms with van der Waals surface area (Å²) in [5, 5.41) is 10.2. The Morgan fingerprint density at radius 2 is 1.74 bits per heavy atom. The molecule has 0 radical (unpaired) electrons. The number of alkyl halides is 2. The zero-order chi connectivity index (χ0) is 25.4. The van der Waals surface area contributed by atoms with E-state index in [0.717, 1.165) is 11.0 Å². The summed E-state index contributed by atoms with van der Waals surface area (Å²) >= 11 is 0. The highest BCUT2D eigenvalue weighted by molar-refractivity contribution is 6.17. The quantitative estimate of drug-likeness (QED) is 0.415. The van der Waals surface area contributed by atoms with Gasteiger partial charge in [0.15, 0.2) is 0 Å². The van der Waals surface area contributed by atoms with Crippen molar-refractivity contribution in [1.82, 2.24) is 0 Å². The molecule has 6 nitrogen and oxygen atoms in total. The summed E-state index contributed by atoms with van der Waals surface area (Å²) < 4.78 is 52.7. The number of hydrogen-bond acceptors (Lipinski definition) is 4. The summed E-state index contributed by atoms with van der Waals surface area (Å²) in [4.78, 5) is 26.2. The molecule has 9 heteroatoms. The van der Waals surface area contributed by atoms with Gasteiger partial charge in [0.2, 0.25) is 0 Å². The molecule has 4 rings (SSSR count). The topological polar surface area (TPSA) is 76.1 Å². The minimum Gasteiger partial charge on any atom is -0.490 e. The maximum Gasteiger partial charge on any atom is 0.387 e. The standard InChI is InChI=1S/C26H24F3NO5/c1-4-15(25(32)33)14-9-10-20(19(27)11-14)30-12-18-21(24(30)31)23(34-13(2)3)17-8-6-5-7-16(17)22(18)35-26(28)29/h5-11,13,15,26H,4,12H2,1-3H3,(H,32,33). The lowest BCUT2D eigenvalue weighted by Gasteiger charge is -2.19. The number of hydrogen-bond donors (Lipinski definition) is 1. The molecule has 1 unspecified atom stereocenters. The Hall–Kier alpha value is -3.75. The number of rotatable bonds is 8. The molecule has 0 saturated heterocycles. The van der Waals surface area contributed by atoms with Crippen LogP contribution < -0.4 is 14.4 Å². The summed E-state index contributed by atoms with van der Waals surface area (Å²) in [7, 11) is 0. The molecule has 1 aliphatic heterocycles. The van der Waals surface area contributed by atoms with Crippen molar-refractivity contribution in [3.8, 4) is 11.5 Å². The number of halogens is 3. The van der Waals surface area contributed by atoms with Crippen LogP contribution in [0, 0.1) is 5.82 Å². The van der Waals surface area contributed by atoms with Crippen LogP contribution in [0.2, 0.25) is 0 Å². The van der Waals surface area contributed by atoms with Gasteiger partial charge in [-0.3, -0.25) is 9.59 Å². The Bertz CT molecular complexity index is 1310. The fraction of sp³-hybridized carbons (Fsp3) is 0.308. The smallest absolute Gasteiger partial charge is 0.387 e. The molecule has 1 N–H and O–H groups in total. The molecule has 35 heavy (non-hydrogen) atoms. The molecular formula is C26H24F3NO5. The van der Waals surface area contributed by atoms with Gasteiger partial charge in [0, 0.05) is 16.3 Å². The van der Waals surface area contributed by atoms with Crippen LogP contribution in [0.1, 0.15) is 54.6 Å². The lowest BCUT2D eigenvalue weighted by molar-refractivity contribution is -0.138. The van der Waals surface area contributed by atoms with Crippen molar-refractivity contribution >= 4 is 28.3 Å². The first-order valence-corrected chi connectivity index (χ1v) is 11.2. The summed E-state index contributed by atoms with van der Waals surface area (Å²) in [6, 6.07) is 10.5. The number of anilines is 1. The van der Waals surface area contributed by atoms with E-state index in [2.05, 4.69) is 0 Å². The molecule has 0 bridgehead atoms. The number of carboxylic acids is 1. The van der Waals surface area contributed by atoms with E-state index in [-0.39, 0.29) is 52.9 Å². The van der Waals surface area contributed by atoms with Gasteiger partial charge in [-0.1, -0.05) is 37.3 Å².